The highest BCUT2D eigenvalue weighted by Crippen LogP contribution is 2.28. The first kappa shape index (κ1) is 22.2. The monoisotopic (exact) mass is 391 g/mol. The lowest BCUT2D eigenvalue weighted by Gasteiger charge is -2.22. The maximum Gasteiger partial charge on any atom is 0.161 e. The molecule has 1 unspecified atom stereocenters. The molecule has 0 aliphatic heterocycles. The molecule has 1 atom stereocenters. The van der Waals surface area contributed by atoms with E-state index in [-0.39, 0.29) is 6.61 Å². The number of aliphatic hydroxyl groups is 1. The summed E-state index contributed by atoms with van der Waals surface area (Å²) < 4.78 is 16.6. The second-order valence-electron chi connectivity index (χ2n) is 7.04. The Balaban J connectivity index is 1.91. The Bertz CT molecular complexity index is 715. The third-order valence-electron chi connectivity index (χ3n) is 4.58. The SMILES string of the molecule is CCN(CC)CC(O)COc1ccc(CN(C)Cc2cc(C)no2)cc1OC. The van der Waals surface area contributed by atoms with Gasteiger partial charge in [0, 0.05) is 19.2 Å². The lowest BCUT2D eigenvalue weighted by molar-refractivity contribution is 0.0705. The number of aliphatic hydroxyl groups excluding tert-OH is 1. The Labute approximate surface area is 167 Å². The molecule has 0 saturated carbocycles. The van der Waals surface area contributed by atoms with Gasteiger partial charge in [0.2, 0.25) is 0 Å². The van der Waals surface area contributed by atoms with Gasteiger partial charge in [-0.25, -0.2) is 0 Å². The number of nitrogens with zero attached hydrogens (tertiary/aromatic N) is 3. The molecule has 0 fully saturated rings. The minimum Gasteiger partial charge on any atom is -0.493 e. The zero-order valence-corrected chi connectivity index (χ0v) is 17.6. The van der Waals surface area contributed by atoms with Crippen molar-refractivity contribution in [2.45, 2.75) is 40.0 Å². The number of aromatic nitrogens is 1. The standard InChI is InChI=1S/C21H33N3O4/c1-6-24(7-2)13-18(25)15-27-20-9-8-17(11-21(20)26-5)12-23(4)14-19-10-16(3)22-28-19/h8-11,18,25H,6-7,12-15H2,1-5H3. The molecule has 2 rings (SSSR count). The van der Waals surface area contributed by atoms with Crippen LogP contribution in [-0.2, 0) is 13.1 Å². The molecule has 0 aliphatic carbocycles. The van der Waals surface area contributed by atoms with Crippen molar-refractivity contribution in [3.63, 3.8) is 0 Å². The number of methoxy groups -OCH3 is 1. The highest BCUT2D eigenvalue weighted by Gasteiger charge is 2.13. The highest BCUT2D eigenvalue weighted by molar-refractivity contribution is 5.43. The zero-order chi connectivity index (χ0) is 20.5. The van der Waals surface area contributed by atoms with E-state index in [4.69, 9.17) is 14.0 Å². The van der Waals surface area contributed by atoms with E-state index in [2.05, 4.69) is 28.8 Å². The van der Waals surface area contributed by atoms with Gasteiger partial charge in [-0.2, -0.15) is 0 Å². The van der Waals surface area contributed by atoms with Crippen LogP contribution in [-0.4, -0.2) is 66.6 Å². The van der Waals surface area contributed by atoms with E-state index in [0.717, 1.165) is 36.7 Å². The molecule has 0 aliphatic rings. The van der Waals surface area contributed by atoms with Crippen molar-refractivity contribution in [2.24, 2.45) is 0 Å². The maximum absolute atomic E-state index is 10.2. The molecule has 0 radical (unpaired) electrons. The Morgan fingerprint density at radius 2 is 1.89 bits per heavy atom. The minimum absolute atomic E-state index is 0.233. The van der Waals surface area contributed by atoms with Gasteiger partial charge in [0.15, 0.2) is 17.3 Å². The lowest BCUT2D eigenvalue weighted by Crippen LogP contribution is -2.35. The van der Waals surface area contributed by atoms with E-state index in [1.54, 1.807) is 7.11 Å². The van der Waals surface area contributed by atoms with Crippen LogP contribution < -0.4 is 9.47 Å². The van der Waals surface area contributed by atoms with Crippen LogP contribution in [0.15, 0.2) is 28.8 Å². The number of benzene rings is 1. The molecule has 156 valence electrons. The Kier molecular flexibility index (Phi) is 8.76. The molecule has 7 heteroatoms. The molecule has 1 heterocycles. The van der Waals surface area contributed by atoms with Crippen molar-refractivity contribution in [3.8, 4) is 11.5 Å². The molecule has 1 aromatic carbocycles. The van der Waals surface area contributed by atoms with Gasteiger partial charge in [-0.05, 0) is 44.8 Å². The van der Waals surface area contributed by atoms with Gasteiger partial charge in [-0.15, -0.1) is 0 Å². The number of aryl methyl sites for hydroxylation is 1. The van der Waals surface area contributed by atoms with Crippen molar-refractivity contribution in [1.82, 2.24) is 15.0 Å². The maximum atomic E-state index is 10.2. The van der Waals surface area contributed by atoms with Gasteiger partial charge < -0.3 is 24.0 Å². The van der Waals surface area contributed by atoms with Crippen LogP contribution in [0.4, 0.5) is 0 Å². The van der Waals surface area contributed by atoms with Crippen molar-refractivity contribution < 1.29 is 19.1 Å². The summed E-state index contributed by atoms with van der Waals surface area (Å²) in [6.07, 6.45) is -0.541. The molecule has 0 bridgehead atoms. The topological polar surface area (TPSA) is 71.2 Å². The van der Waals surface area contributed by atoms with E-state index in [1.807, 2.05) is 38.2 Å². The molecular formula is C21H33N3O4. The number of likely N-dealkylation sites (N-methyl/N-ethyl adjacent to an activating group) is 1. The van der Waals surface area contributed by atoms with E-state index < -0.39 is 6.10 Å². The number of hydrogen-bond donors (Lipinski definition) is 1. The van der Waals surface area contributed by atoms with Gasteiger partial charge >= 0.3 is 0 Å². The normalized spacial score (nSPS) is 12.6. The second-order valence-corrected chi connectivity index (χ2v) is 7.04. The van der Waals surface area contributed by atoms with E-state index >= 15 is 0 Å². The summed E-state index contributed by atoms with van der Waals surface area (Å²) in [4.78, 5) is 4.31. The predicted octanol–water partition coefficient (Wildman–Crippen LogP) is 2.71. The average Bonchev–Trinajstić information content (AvgIpc) is 3.09. The average molecular weight is 392 g/mol. The van der Waals surface area contributed by atoms with Crippen molar-refractivity contribution >= 4 is 0 Å². The van der Waals surface area contributed by atoms with Crippen LogP contribution in [0.3, 0.4) is 0 Å². The van der Waals surface area contributed by atoms with Crippen molar-refractivity contribution in [1.29, 1.82) is 0 Å². The van der Waals surface area contributed by atoms with E-state index in [1.165, 1.54) is 0 Å². The van der Waals surface area contributed by atoms with Gasteiger partial charge in [0.05, 0.1) is 19.3 Å². The summed E-state index contributed by atoms with van der Waals surface area (Å²) in [7, 11) is 3.65. The van der Waals surface area contributed by atoms with Crippen molar-refractivity contribution in [2.75, 3.05) is 40.4 Å². The summed E-state index contributed by atoms with van der Waals surface area (Å²) >= 11 is 0. The van der Waals surface area contributed by atoms with Crippen LogP contribution >= 0.6 is 0 Å². The number of hydrogen-bond acceptors (Lipinski definition) is 7. The molecular weight excluding hydrogens is 358 g/mol. The first-order valence-corrected chi connectivity index (χ1v) is 9.76. The Morgan fingerprint density at radius 1 is 1.14 bits per heavy atom. The van der Waals surface area contributed by atoms with Crippen molar-refractivity contribution in [3.05, 3.63) is 41.3 Å². The molecule has 0 saturated heterocycles. The summed E-state index contributed by atoms with van der Waals surface area (Å²) in [6.45, 7) is 10.1. The molecule has 0 amide bonds. The van der Waals surface area contributed by atoms with Gasteiger partial charge in [-0.3, -0.25) is 4.90 Å². The van der Waals surface area contributed by atoms with Crippen LogP contribution in [0.1, 0.15) is 30.9 Å². The summed E-state index contributed by atoms with van der Waals surface area (Å²) in [5, 5.41) is 14.1. The second kappa shape index (κ2) is 11.0. The number of rotatable bonds is 12. The molecule has 28 heavy (non-hydrogen) atoms. The van der Waals surface area contributed by atoms with Crippen LogP contribution in [0, 0.1) is 6.92 Å². The highest BCUT2D eigenvalue weighted by atomic mass is 16.5. The zero-order valence-electron chi connectivity index (χ0n) is 17.6. The first-order valence-electron chi connectivity index (χ1n) is 9.76. The quantitative estimate of drug-likeness (QED) is 0.596. The Morgan fingerprint density at radius 3 is 2.50 bits per heavy atom. The fourth-order valence-corrected chi connectivity index (χ4v) is 3.07. The third-order valence-corrected chi connectivity index (χ3v) is 4.58. The Hall–Kier alpha value is -2.09. The van der Waals surface area contributed by atoms with Gasteiger partial charge in [0.1, 0.15) is 12.7 Å². The lowest BCUT2D eigenvalue weighted by atomic mass is 10.2. The molecule has 1 aromatic heterocycles. The first-order chi connectivity index (χ1) is 13.4. The van der Waals surface area contributed by atoms with Crippen LogP contribution in [0.5, 0.6) is 11.5 Å². The summed E-state index contributed by atoms with van der Waals surface area (Å²) in [5.74, 6) is 2.14. The minimum atomic E-state index is -0.541. The predicted molar refractivity (Wildman–Crippen MR) is 109 cm³/mol. The molecule has 2 aromatic rings. The summed E-state index contributed by atoms with van der Waals surface area (Å²) in [5.41, 5.74) is 1.99. The van der Waals surface area contributed by atoms with E-state index in [0.29, 0.717) is 24.6 Å². The number of ether oxygens (including phenoxy) is 2. The third kappa shape index (κ3) is 6.82. The van der Waals surface area contributed by atoms with Crippen LogP contribution in [0.25, 0.3) is 0 Å². The fraction of sp³-hybridized carbons (Fsp3) is 0.571. The summed E-state index contributed by atoms with van der Waals surface area (Å²) in [6, 6.07) is 7.81. The van der Waals surface area contributed by atoms with Gasteiger partial charge in [0.25, 0.3) is 0 Å². The van der Waals surface area contributed by atoms with Crippen LogP contribution in [0.2, 0.25) is 0 Å². The molecule has 1 N–H and O–H groups in total. The van der Waals surface area contributed by atoms with E-state index in [9.17, 15) is 5.11 Å². The molecule has 0 spiro atoms. The molecule has 7 nitrogen and oxygen atoms in total. The fourth-order valence-electron chi connectivity index (χ4n) is 3.07. The largest absolute Gasteiger partial charge is 0.493 e. The smallest absolute Gasteiger partial charge is 0.161 e. The van der Waals surface area contributed by atoms with Gasteiger partial charge in [-0.1, -0.05) is 25.1 Å².